The maximum atomic E-state index is 11.7. The Bertz CT molecular complexity index is 1350. The predicted octanol–water partition coefficient (Wildman–Crippen LogP) is 6.25. The Labute approximate surface area is 187 Å². The second-order valence-corrected chi connectivity index (χ2v) is 8.34. The first-order chi connectivity index (χ1) is 15.3. The maximum Gasteiger partial charge on any atom is 0.305 e. The number of esters is 1. The van der Waals surface area contributed by atoms with Crippen molar-refractivity contribution in [3.63, 3.8) is 0 Å². The summed E-state index contributed by atoms with van der Waals surface area (Å²) in [7, 11) is 1.41. The van der Waals surface area contributed by atoms with Gasteiger partial charge < -0.3 is 14.1 Å². The fourth-order valence-electron chi connectivity index (χ4n) is 4.42. The molecule has 0 aliphatic carbocycles. The van der Waals surface area contributed by atoms with E-state index in [0.29, 0.717) is 12.8 Å². The smallest absolute Gasteiger partial charge is 0.305 e. The van der Waals surface area contributed by atoms with Crippen molar-refractivity contribution in [1.29, 1.82) is 0 Å². The molecule has 164 valence electrons. The number of aryl methyl sites for hydroxylation is 4. The zero-order valence-electron chi connectivity index (χ0n) is 19.2. The van der Waals surface area contributed by atoms with Crippen LogP contribution < -0.4 is 5.32 Å². The first-order valence-corrected chi connectivity index (χ1v) is 10.7. The number of ether oxygens (including phenoxy) is 1. The van der Waals surface area contributed by atoms with Gasteiger partial charge in [0, 0.05) is 42.3 Å². The molecule has 0 radical (unpaired) electrons. The highest BCUT2D eigenvalue weighted by Gasteiger charge is 2.25. The van der Waals surface area contributed by atoms with Crippen LogP contribution in [0.3, 0.4) is 0 Å². The second kappa shape index (κ2) is 8.50. The van der Waals surface area contributed by atoms with E-state index in [-0.39, 0.29) is 11.9 Å². The molecule has 1 N–H and O–H groups in total. The largest absolute Gasteiger partial charge is 0.498 e. The monoisotopic (exact) mass is 430 g/mol. The number of carbonyl (C=O) groups excluding carboxylic acids is 2. The summed E-state index contributed by atoms with van der Waals surface area (Å²) in [5.74, 6) is 0.687. The van der Waals surface area contributed by atoms with E-state index in [1.165, 1.54) is 19.6 Å². The molecule has 1 aromatic heterocycles. The molecule has 0 aliphatic rings. The van der Waals surface area contributed by atoms with Gasteiger partial charge in [-0.05, 0) is 74.7 Å². The van der Waals surface area contributed by atoms with Crippen LogP contribution in [0, 0.1) is 20.8 Å². The Balaban J connectivity index is 1.92. The first-order valence-electron chi connectivity index (χ1n) is 10.7. The Kier molecular flexibility index (Phi) is 5.74. The van der Waals surface area contributed by atoms with Gasteiger partial charge in [0.15, 0.2) is 0 Å². The van der Waals surface area contributed by atoms with Crippen LogP contribution in [-0.4, -0.2) is 19.0 Å². The van der Waals surface area contributed by atoms with Crippen LogP contribution in [0.15, 0.2) is 52.6 Å². The van der Waals surface area contributed by atoms with E-state index in [4.69, 9.17) is 4.74 Å². The zero-order valence-corrected chi connectivity index (χ0v) is 19.2. The van der Waals surface area contributed by atoms with Gasteiger partial charge in [-0.15, -0.1) is 0 Å². The number of carbonyl (C=O) groups is 2. The van der Waals surface area contributed by atoms with E-state index in [1.807, 2.05) is 24.3 Å². The summed E-state index contributed by atoms with van der Waals surface area (Å²) in [5, 5.41) is 5.13. The fraction of sp³-hybridized carbons (Fsp3) is 0.259. The standard InChI is InChI=1S/C27H27NO4/c1-16-12-17(2)26-23(13-16)24-15-21(28-19(4)29)14-18(3)27(24)32(26)22-9-6-20(7-10-22)8-11-25(30)31-5/h6-7,9-10,12-15H,8,11H2,1-5H3/p+1. The topological polar surface area (TPSA) is 58.1 Å². The molecule has 0 saturated carbocycles. The summed E-state index contributed by atoms with van der Waals surface area (Å²) >= 11 is 0. The molecule has 0 atom stereocenters. The molecule has 3 aromatic carbocycles. The lowest BCUT2D eigenvalue weighted by atomic mass is 10.0. The summed E-state index contributed by atoms with van der Waals surface area (Å²) < 4.78 is 8.13. The molecule has 32 heavy (non-hydrogen) atoms. The molecule has 0 unspecified atom stereocenters. The van der Waals surface area contributed by atoms with Crippen molar-refractivity contribution in [2.45, 2.75) is 40.5 Å². The first kappa shape index (κ1) is 21.6. The fourth-order valence-corrected chi connectivity index (χ4v) is 4.42. The van der Waals surface area contributed by atoms with E-state index < -0.39 is 0 Å². The molecular formula is C27H28NO4+. The number of amides is 1. The van der Waals surface area contributed by atoms with Crippen molar-refractivity contribution in [2.75, 3.05) is 12.4 Å². The number of hydrogen-bond acceptors (Lipinski definition) is 3. The quantitative estimate of drug-likeness (QED) is 0.301. The van der Waals surface area contributed by atoms with E-state index in [2.05, 4.69) is 54.4 Å². The molecule has 5 nitrogen and oxygen atoms in total. The van der Waals surface area contributed by atoms with Crippen LogP contribution in [0.1, 0.15) is 35.6 Å². The van der Waals surface area contributed by atoms with Gasteiger partial charge in [0.2, 0.25) is 5.91 Å². The maximum absolute atomic E-state index is 11.7. The van der Waals surface area contributed by atoms with Gasteiger partial charge in [0.05, 0.1) is 17.9 Å². The van der Waals surface area contributed by atoms with Crippen molar-refractivity contribution >= 4 is 39.5 Å². The number of furan rings is 1. The van der Waals surface area contributed by atoms with E-state index in [1.54, 1.807) is 0 Å². The molecule has 4 rings (SSSR count). The van der Waals surface area contributed by atoms with Gasteiger partial charge in [-0.3, -0.25) is 9.59 Å². The number of fused-ring (bicyclic) bond motifs is 3. The van der Waals surface area contributed by atoms with E-state index >= 15 is 0 Å². The minimum atomic E-state index is -0.206. The molecule has 0 saturated heterocycles. The predicted molar refractivity (Wildman–Crippen MR) is 129 cm³/mol. The van der Waals surface area contributed by atoms with Crippen molar-refractivity contribution < 1.29 is 18.4 Å². The van der Waals surface area contributed by atoms with Gasteiger partial charge in [-0.2, -0.15) is 0 Å². The number of nitrogens with one attached hydrogen (secondary N) is 1. The molecule has 1 amide bonds. The van der Waals surface area contributed by atoms with Crippen LogP contribution in [0.5, 0.6) is 0 Å². The molecule has 0 aliphatic heterocycles. The highest BCUT2D eigenvalue weighted by Crippen LogP contribution is 2.43. The van der Waals surface area contributed by atoms with Gasteiger partial charge in [-0.25, -0.2) is 0 Å². The summed E-state index contributed by atoms with van der Waals surface area (Å²) in [4.78, 5) is 23.1. The summed E-state index contributed by atoms with van der Waals surface area (Å²) in [5.41, 5.74) is 7.41. The zero-order chi connectivity index (χ0) is 23.0. The Morgan fingerprint density at radius 2 is 1.53 bits per heavy atom. The van der Waals surface area contributed by atoms with Gasteiger partial charge in [0.25, 0.3) is 16.9 Å². The molecular weight excluding hydrogens is 402 g/mol. The van der Waals surface area contributed by atoms with Crippen molar-refractivity contribution in [2.24, 2.45) is 0 Å². The third kappa shape index (κ3) is 3.98. The van der Waals surface area contributed by atoms with Gasteiger partial charge in [-0.1, -0.05) is 0 Å². The molecule has 4 aromatic rings. The Morgan fingerprint density at radius 3 is 2.16 bits per heavy atom. The highest BCUT2D eigenvalue weighted by molar-refractivity contribution is 6.10. The van der Waals surface area contributed by atoms with Crippen LogP contribution in [-0.2, 0) is 20.7 Å². The SMILES string of the molecule is COC(=O)CCc1ccc(-[o+]2c3c(C)cc(C)cc3c3cc(NC(C)=O)cc(C)c32)cc1. The number of anilines is 1. The lowest BCUT2D eigenvalue weighted by Gasteiger charge is -2.09. The lowest BCUT2D eigenvalue weighted by Crippen LogP contribution is -2.05. The average molecular weight is 431 g/mol. The lowest BCUT2D eigenvalue weighted by molar-refractivity contribution is -0.140. The minimum Gasteiger partial charge on any atom is -0.498 e. The molecule has 5 heteroatoms. The molecule has 0 spiro atoms. The van der Waals surface area contributed by atoms with Crippen molar-refractivity contribution in [3.05, 3.63) is 70.8 Å². The molecule has 1 heterocycles. The highest BCUT2D eigenvalue weighted by atomic mass is 16.6. The third-order valence-electron chi connectivity index (χ3n) is 5.72. The van der Waals surface area contributed by atoms with E-state index in [0.717, 1.165) is 50.1 Å². The number of benzene rings is 3. The van der Waals surface area contributed by atoms with Crippen LogP contribution in [0.25, 0.3) is 27.7 Å². The summed E-state index contributed by atoms with van der Waals surface area (Å²) in [6.45, 7) is 7.80. The van der Waals surface area contributed by atoms with Gasteiger partial charge >= 0.3 is 5.97 Å². The normalized spacial score (nSPS) is 11.2. The summed E-state index contributed by atoms with van der Waals surface area (Å²) in [6.07, 6.45) is 1.00. The van der Waals surface area contributed by atoms with Crippen molar-refractivity contribution in [1.82, 2.24) is 0 Å². The minimum absolute atomic E-state index is 0.0879. The summed E-state index contributed by atoms with van der Waals surface area (Å²) in [6, 6.07) is 16.6. The second-order valence-electron chi connectivity index (χ2n) is 8.34. The number of rotatable bonds is 5. The molecule has 0 fully saturated rings. The number of methoxy groups -OCH3 is 1. The van der Waals surface area contributed by atoms with Gasteiger partial charge in [0.1, 0.15) is 0 Å². The average Bonchev–Trinajstić information content (AvgIpc) is 3.07. The van der Waals surface area contributed by atoms with Crippen LogP contribution in [0.4, 0.5) is 5.69 Å². The van der Waals surface area contributed by atoms with Crippen molar-refractivity contribution in [3.8, 4) is 5.75 Å². The number of hydrogen-bond donors (Lipinski definition) is 1. The Hall–Kier alpha value is -3.60. The van der Waals surface area contributed by atoms with Crippen LogP contribution >= 0.6 is 0 Å². The molecule has 0 bridgehead atoms. The third-order valence-corrected chi connectivity index (χ3v) is 5.72. The van der Waals surface area contributed by atoms with Crippen LogP contribution in [0.2, 0.25) is 0 Å². The Morgan fingerprint density at radius 1 is 0.906 bits per heavy atom. The van der Waals surface area contributed by atoms with E-state index in [9.17, 15) is 9.59 Å².